The van der Waals surface area contributed by atoms with Crippen LogP contribution in [0.2, 0.25) is 0 Å². The molecule has 0 bridgehead atoms. The van der Waals surface area contributed by atoms with Crippen LogP contribution in [0.15, 0.2) is 17.2 Å². The average Bonchev–Trinajstić information content (AvgIpc) is 2.85. The van der Waals surface area contributed by atoms with Crippen LogP contribution < -0.4 is 5.32 Å². The highest BCUT2D eigenvalue weighted by Crippen LogP contribution is 2.24. The summed E-state index contributed by atoms with van der Waals surface area (Å²) in [6.45, 7) is 6.02. The van der Waals surface area contributed by atoms with E-state index in [0.29, 0.717) is 24.5 Å². The number of hydrogen-bond acceptors (Lipinski definition) is 4. The van der Waals surface area contributed by atoms with Crippen LogP contribution in [-0.2, 0) is 16.6 Å². The van der Waals surface area contributed by atoms with E-state index in [1.807, 2.05) is 23.4 Å². The van der Waals surface area contributed by atoms with Gasteiger partial charge in [0.15, 0.2) is 0 Å². The van der Waals surface area contributed by atoms with Gasteiger partial charge in [-0.25, -0.2) is 8.42 Å². The number of nitrogens with zero attached hydrogens (tertiary/aromatic N) is 2. The Kier molecular flexibility index (Phi) is 5.17. The first-order chi connectivity index (χ1) is 9.46. The fourth-order valence-corrected chi connectivity index (χ4v) is 5.00. The molecule has 0 unspecified atom stereocenters. The van der Waals surface area contributed by atoms with E-state index >= 15 is 0 Å². The van der Waals surface area contributed by atoms with Gasteiger partial charge in [-0.2, -0.15) is 16.1 Å². The van der Waals surface area contributed by atoms with E-state index in [1.54, 1.807) is 16.6 Å². The maximum absolute atomic E-state index is 12.7. The monoisotopic (exact) mass is 317 g/mol. The third-order valence-electron chi connectivity index (χ3n) is 3.43. The number of aromatic nitrogens is 1. The van der Waals surface area contributed by atoms with Crippen molar-refractivity contribution in [1.82, 2.24) is 14.2 Å². The molecule has 0 amide bonds. The SMILES string of the molecule is CNCc1cc(S(=O)(=O)N2CCSCC2)cn1C(C)C. The summed E-state index contributed by atoms with van der Waals surface area (Å²) < 4.78 is 29.0. The fourth-order valence-electron chi connectivity index (χ4n) is 2.38. The molecule has 2 rings (SSSR count). The van der Waals surface area contributed by atoms with E-state index in [-0.39, 0.29) is 6.04 Å². The maximum Gasteiger partial charge on any atom is 0.244 e. The molecule has 7 heteroatoms. The molecule has 0 saturated carbocycles. The summed E-state index contributed by atoms with van der Waals surface area (Å²) in [5.41, 5.74) is 1.01. The molecule has 1 saturated heterocycles. The molecule has 1 aliphatic rings. The van der Waals surface area contributed by atoms with Crippen LogP contribution in [0.5, 0.6) is 0 Å². The number of rotatable bonds is 5. The summed E-state index contributed by atoms with van der Waals surface area (Å²) in [7, 11) is -1.48. The van der Waals surface area contributed by atoms with E-state index in [2.05, 4.69) is 19.2 Å². The smallest absolute Gasteiger partial charge is 0.244 e. The van der Waals surface area contributed by atoms with Gasteiger partial charge in [-0.1, -0.05) is 0 Å². The summed E-state index contributed by atoms with van der Waals surface area (Å²) in [6, 6.07) is 2.05. The van der Waals surface area contributed by atoms with Crippen molar-refractivity contribution in [3.8, 4) is 0 Å². The molecule has 0 aliphatic carbocycles. The van der Waals surface area contributed by atoms with Crippen LogP contribution in [0.4, 0.5) is 0 Å². The van der Waals surface area contributed by atoms with Gasteiger partial charge in [0.2, 0.25) is 10.0 Å². The topological polar surface area (TPSA) is 54.3 Å². The van der Waals surface area contributed by atoms with Crippen LogP contribution in [0.1, 0.15) is 25.6 Å². The molecule has 1 N–H and O–H groups in total. The molecule has 114 valence electrons. The average molecular weight is 317 g/mol. The summed E-state index contributed by atoms with van der Waals surface area (Å²) >= 11 is 1.81. The van der Waals surface area contributed by atoms with Crippen molar-refractivity contribution in [3.63, 3.8) is 0 Å². The zero-order chi connectivity index (χ0) is 14.8. The van der Waals surface area contributed by atoms with Crippen molar-refractivity contribution in [2.24, 2.45) is 0 Å². The molecule has 0 radical (unpaired) electrons. The summed E-state index contributed by atoms with van der Waals surface area (Å²) in [5.74, 6) is 1.76. The predicted molar refractivity (Wildman–Crippen MR) is 83.7 cm³/mol. The van der Waals surface area contributed by atoms with Gasteiger partial charge < -0.3 is 9.88 Å². The van der Waals surface area contributed by atoms with Gasteiger partial charge in [0.05, 0.1) is 0 Å². The van der Waals surface area contributed by atoms with Crippen LogP contribution in [0.25, 0.3) is 0 Å². The molecule has 1 aliphatic heterocycles. The minimum absolute atomic E-state index is 0.249. The summed E-state index contributed by atoms with van der Waals surface area (Å²) in [5, 5.41) is 3.09. The molecular weight excluding hydrogens is 294 g/mol. The van der Waals surface area contributed by atoms with Gasteiger partial charge in [0.25, 0.3) is 0 Å². The molecule has 1 fully saturated rings. The molecule has 1 aromatic heterocycles. The van der Waals surface area contributed by atoms with Crippen LogP contribution >= 0.6 is 11.8 Å². The lowest BCUT2D eigenvalue weighted by Gasteiger charge is -2.25. The zero-order valence-electron chi connectivity index (χ0n) is 12.3. The lowest BCUT2D eigenvalue weighted by atomic mass is 10.3. The van der Waals surface area contributed by atoms with Gasteiger partial charge in [-0.05, 0) is 27.0 Å². The Labute approximate surface area is 125 Å². The Morgan fingerprint density at radius 1 is 1.35 bits per heavy atom. The molecule has 5 nitrogen and oxygen atoms in total. The highest BCUT2D eigenvalue weighted by Gasteiger charge is 2.28. The summed E-state index contributed by atoms with van der Waals surface area (Å²) in [4.78, 5) is 0.420. The predicted octanol–water partition coefficient (Wildman–Crippen LogP) is 1.53. The van der Waals surface area contributed by atoms with Crippen molar-refractivity contribution in [2.75, 3.05) is 31.6 Å². The molecule has 2 heterocycles. The minimum atomic E-state index is -3.34. The standard InChI is InChI=1S/C13H23N3O2S2/c1-11(2)16-10-13(8-12(16)9-14-3)20(17,18)15-4-6-19-7-5-15/h8,10-11,14H,4-7,9H2,1-3H3. The quantitative estimate of drug-likeness (QED) is 0.895. The normalized spacial score (nSPS) is 17.8. The van der Waals surface area contributed by atoms with Gasteiger partial charge in [-0.15, -0.1) is 0 Å². The Morgan fingerprint density at radius 3 is 2.55 bits per heavy atom. The van der Waals surface area contributed by atoms with Crippen molar-refractivity contribution in [1.29, 1.82) is 0 Å². The second kappa shape index (κ2) is 6.51. The molecule has 0 atom stereocenters. The highest BCUT2D eigenvalue weighted by atomic mass is 32.2. The molecule has 1 aromatic rings. The Bertz CT molecular complexity index is 546. The lowest BCUT2D eigenvalue weighted by molar-refractivity contribution is 0.443. The van der Waals surface area contributed by atoms with E-state index in [4.69, 9.17) is 0 Å². The van der Waals surface area contributed by atoms with E-state index in [1.165, 1.54) is 0 Å². The Hall–Kier alpha value is -0.500. The Morgan fingerprint density at radius 2 is 2.00 bits per heavy atom. The van der Waals surface area contributed by atoms with Crippen molar-refractivity contribution < 1.29 is 8.42 Å². The number of hydrogen-bond donors (Lipinski definition) is 1. The number of nitrogens with one attached hydrogen (secondary N) is 1. The highest BCUT2D eigenvalue weighted by molar-refractivity contribution is 7.99. The van der Waals surface area contributed by atoms with Crippen molar-refractivity contribution in [2.45, 2.75) is 31.3 Å². The Balaban J connectivity index is 2.33. The van der Waals surface area contributed by atoms with Crippen LogP contribution in [-0.4, -0.2) is 48.9 Å². The van der Waals surface area contributed by atoms with Gasteiger partial charge >= 0.3 is 0 Å². The van der Waals surface area contributed by atoms with E-state index in [0.717, 1.165) is 17.2 Å². The molecule has 20 heavy (non-hydrogen) atoms. The fraction of sp³-hybridized carbons (Fsp3) is 0.692. The van der Waals surface area contributed by atoms with E-state index in [9.17, 15) is 8.42 Å². The largest absolute Gasteiger partial charge is 0.346 e. The van der Waals surface area contributed by atoms with E-state index < -0.39 is 10.0 Å². The molecular formula is C13H23N3O2S2. The second-order valence-electron chi connectivity index (χ2n) is 5.21. The lowest BCUT2D eigenvalue weighted by Crippen LogP contribution is -2.37. The second-order valence-corrected chi connectivity index (χ2v) is 8.38. The van der Waals surface area contributed by atoms with Gasteiger partial charge in [0, 0.05) is 49.1 Å². The third kappa shape index (κ3) is 3.21. The van der Waals surface area contributed by atoms with Crippen molar-refractivity contribution in [3.05, 3.63) is 18.0 Å². The first kappa shape index (κ1) is 15.9. The zero-order valence-corrected chi connectivity index (χ0v) is 13.9. The summed E-state index contributed by atoms with van der Waals surface area (Å²) in [6.07, 6.45) is 1.77. The van der Waals surface area contributed by atoms with Gasteiger partial charge in [0.1, 0.15) is 4.90 Å². The van der Waals surface area contributed by atoms with Gasteiger partial charge in [-0.3, -0.25) is 0 Å². The van der Waals surface area contributed by atoms with Crippen molar-refractivity contribution >= 4 is 21.8 Å². The maximum atomic E-state index is 12.7. The number of thioether (sulfide) groups is 1. The molecule has 0 spiro atoms. The molecule has 0 aromatic carbocycles. The minimum Gasteiger partial charge on any atom is -0.346 e. The number of sulfonamides is 1. The first-order valence-electron chi connectivity index (χ1n) is 6.90. The first-order valence-corrected chi connectivity index (χ1v) is 9.49. The van der Waals surface area contributed by atoms with Crippen LogP contribution in [0.3, 0.4) is 0 Å². The third-order valence-corrected chi connectivity index (χ3v) is 6.24. The van der Waals surface area contributed by atoms with Crippen LogP contribution in [0, 0.1) is 0 Å².